The second-order valence-corrected chi connectivity index (χ2v) is 5.96. The molecule has 2 rings (SSSR count). The van der Waals surface area contributed by atoms with Gasteiger partial charge in [-0.3, -0.25) is 0 Å². The Labute approximate surface area is 96.4 Å². The summed E-state index contributed by atoms with van der Waals surface area (Å²) < 4.78 is 25.7. The highest BCUT2D eigenvalue weighted by Gasteiger charge is 2.43. The molecule has 1 fully saturated rings. The van der Waals surface area contributed by atoms with E-state index in [0.29, 0.717) is 11.4 Å². The Morgan fingerprint density at radius 2 is 2.06 bits per heavy atom. The van der Waals surface area contributed by atoms with Crippen LogP contribution in [0.4, 0.5) is 0 Å². The molecule has 1 saturated heterocycles. The maximum absolute atomic E-state index is 12.1. The molecule has 86 valence electrons. The Hall–Kier alpha value is -1.13. The van der Waals surface area contributed by atoms with Gasteiger partial charge in [0.2, 0.25) is 10.0 Å². The van der Waals surface area contributed by atoms with Crippen LogP contribution in [0.3, 0.4) is 0 Å². The van der Waals surface area contributed by atoms with Crippen LogP contribution in [0.2, 0.25) is 0 Å². The van der Waals surface area contributed by atoms with Crippen molar-refractivity contribution in [1.29, 1.82) is 0 Å². The maximum Gasteiger partial charge on any atom is 0.243 e. The molecule has 0 spiro atoms. The molecule has 1 aromatic carbocycles. The van der Waals surface area contributed by atoms with Crippen molar-refractivity contribution in [2.75, 3.05) is 6.54 Å². The number of hydrogen-bond donors (Lipinski definition) is 0. The Morgan fingerprint density at radius 1 is 1.44 bits per heavy atom. The Bertz CT molecular complexity index is 490. The first-order valence-electron chi connectivity index (χ1n) is 5.25. The summed E-state index contributed by atoms with van der Waals surface area (Å²) in [6, 6.07) is 7.07. The fourth-order valence-electron chi connectivity index (χ4n) is 1.69. The largest absolute Gasteiger partial charge is 0.243 e. The van der Waals surface area contributed by atoms with Crippen LogP contribution >= 0.6 is 0 Å². The summed E-state index contributed by atoms with van der Waals surface area (Å²) in [5, 5.41) is 0. The van der Waals surface area contributed by atoms with Gasteiger partial charge in [-0.1, -0.05) is 23.8 Å². The molecule has 1 aliphatic heterocycles. The summed E-state index contributed by atoms with van der Waals surface area (Å²) in [5.41, 5.74) is 1.06. The summed E-state index contributed by atoms with van der Waals surface area (Å²) in [5.74, 6) is 0. The van der Waals surface area contributed by atoms with Gasteiger partial charge in [-0.25, -0.2) is 8.42 Å². The summed E-state index contributed by atoms with van der Waals surface area (Å²) in [7, 11) is -3.27. The number of hydrogen-bond acceptors (Lipinski definition) is 2. The van der Waals surface area contributed by atoms with E-state index in [0.717, 1.165) is 12.0 Å². The number of sulfonamides is 1. The zero-order valence-electron chi connectivity index (χ0n) is 9.26. The van der Waals surface area contributed by atoms with Crippen molar-refractivity contribution in [3.63, 3.8) is 0 Å². The van der Waals surface area contributed by atoms with E-state index in [2.05, 4.69) is 6.58 Å². The minimum Gasteiger partial charge on any atom is -0.207 e. The van der Waals surface area contributed by atoms with E-state index >= 15 is 0 Å². The standard InChI is InChI=1S/C12H15NO2S/c1-3-4-11-9-13(11)16(14,15)12-7-5-10(2)6-8-12/h3,5-8,11H,1,4,9H2,2H3. The van der Waals surface area contributed by atoms with E-state index in [1.165, 1.54) is 4.31 Å². The van der Waals surface area contributed by atoms with Crippen LogP contribution < -0.4 is 0 Å². The molecule has 1 aromatic rings. The molecule has 1 heterocycles. The summed E-state index contributed by atoms with van der Waals surface area (Å²) in [4.78, 5) is 0.379. The minimum atomic E-state index is -3.27. The van der Waals surface area contributed by atoms with Gasteiger partial charge in [0.25, 0.3) is 0 Å². The lowest BCUT2D eigenvalue weighted by molar-refractivity contribution is 0.552. The van der Waals surface area contributed by atoms with E-state index in [9.17, 15) is 8.42 Å². The van der Waals surface area contributed by atoms with Crippen molar-refractivity contribution in [3.8, 4) is 0 Å². The molecular weight excluding hydrogens is 222 g/mol. The van der Waals surface area contributed by atoms with Crippen molar-refractivity contribution in [2.24, 2.45) is 0 Å². The molecule has 3 nitrogen and oxygen atoms in total. The zero-order valence-corrected chi connectivity index (χ0v) is 10.1. The number of nitrogens with zero attached hydrogens (tertiary/aromatic N) is 1. The van der Waals surface area contributed by atoms with Crippen LogP contribution in [0.1, 0.15) is 12.0 Å². The highest BCUT2D eigenvalue weighted by molar-refractivity contribution is 7.89. The van der Waals surface area contributed by atoms with Crippen molar-refractivity contribution in [2.45, 2.75) is 24.3 Å². The smallest absolute Gasteiger partial charge is 0.207 e. The predicted molar refractivity (Wildman–Crippen MR) is 63.7 cm³/mol. The van der Waals surface area contributed by atoms with Crippen LogP contribution in [-0.4, -0.2) is 25.3 Å². The van der Waals surface area contributed by atoms with Crippen molar-refractivity contribution >= 4 is 10.0 Å². The van der Waals surface area contributed by atoms with Crippen LogP contribution in [0.5, 0.6) is 0 Å². The fourth-order valence-corrected chi connectivity index (χ4v) is 3.28. The normalized spacial score (nSPS) is 24.1. The van der Waals surface area contributed by atoms with Gasteiger partial charge in [0.1, 0.15) is 0 Å². The molecule has 2 atom stereocenters. The Kier molecular flexibility index (Phi) is 2.86. The quantitative estimate of drug-likeness (QED) is 0.593. The molecule has 0 bridgehead atoms. The van der Waals surface area contributed by atoms with Crippen molar-refractivity contribution in [3.05, 3.63) is 42.5 Å². The summed E-state index contributed by atoms with van der Waals surface area (Å²) in [6.45, 7) is 6.17. The van der Waals surface area contributed by atoms with Crippen molar-refractivity contribution < 1.29 is 8.42 Å². The van der Waals surface area contributed by atoms with E-state index in [-0.39, 0.29) is 6.04 Å². The van der Waals surface area contributed by atoms with Crippen LogP contribution in [0, 0.1) is 6.92 Å². The van der Waals surface area contributed by atoms with E-state index in [1.807, 2.05) is 19.1 Å². The number of aryl methyl sites for hydroxylation is 1. The third kappa shape index (κ3) is 2.03. The molecule has 2 unspecified atom stereocenters. The zero-order chi connectivity index (χ0) is 11.8. The lowest BCUT2D eigenvalue weighted by atomic mass is 10.2. The van der Waals surface area contributed by atoms with Gasteiger partial charge >= 0.3 is 0 Å². The fraction of sp³-hybridized carbons (Fsp3) is 0.333. The van der Waals surface area contributed by atoms with Gasteiger partial charge in [0.15, 0.2) is 0 Å². The Morgan fingerprint density at radius 3 is 2.62 bits per heavy atom. The van der Waals surface area contributed by atoms with Gasteiger partial charge < -0.3 is 0 Å². The molecule has 1 aliphatic rings. The van der Waals surface area contributed by atoms with E-state index < -0.39 is 10.0 Å². The molecular formula is C12H15NO2S. The van der Waals surface area contributed by atoms with Crippen LogP contribution in [0.25, 0.3) is 0 Å². The number of benzene rings is 1. The first kappa shape index (κ1) is 11.4. The first-order chi connectivity index (χ1) is 7.55. The molecule has 0 aromatic heterocycles. The molecule has 0 radical (unpaired) electrons. The topological polar surface area (TPSA) is 37.1 Å². The molecule has 0 saturated carbocycles. The second-order valence-electron chi connectivity index (χ2n) is 4.07. The van der Waals surface area contributed by atoms with Crippen LogP contribution in [-0.2, 0) is 10.0 Å². The van der Waals surface area contributed by atoms with E-state index in [4.69, 9.17) is 0 Å². The SMILES string of the molecule is C=CCC1CN1S(=O)(=O)c1ccc(C)cc1. The maximum atomic E-state index is 12.1. The molecule has 4 heteroatoms. The molecule has 0 aliphatic carbocycles. The second kappa shape index (κ2) is 4.03. The molecule has 16 heavy (non-hydrogen) atoms. The molecule has 0 amide bonds. The van der Waals surface area contributed by atoms with Gasteiger partial charge in [-0.05, 0) is 25.5 Å². The molecule has 0 N–H and O–H groups in total. The van der Waals surface area contributed by atoms with Gasteiger partial charge in [0.05, 0.1) is 4.90 Å². The van der Waals surface area contributed by atoms with Gasteiger partial charge in [-0.15, -0.1) is 6.58 Å². The lowest BCUT2D eigenvalue weighted by Gasteiger charge is -2.05. The summed E-state index contributed by atoms with van der Waals surface area (Å²) in [6.07, 6.45) is 2.49. The monoisotopic (exact) mass is 237 g/mol. The predicted octanol–water partition coefficient (Wildman–Crippen LogP) is 1.94. The lowest BCUT2D eigenvalue weighted by Crippen LogP contribution is -2.14. The minimum absolute atomic E-state index is 0.115. The van der Waals surface area contributed by atoms with E-state index in [1.54, 1.807) is 18.2 Å². The number of rotatable bonds is 4. The average Bonchev–Trinajstić information content (AvgIpc) is 2.99. The summed E-state index contributed by atoms with van der Waals surface area (Å²) >= 11 is 0. The first-order valence-corrected chi connectivity index (χ1v) is 6.69. The highest BCUT2D eigenvalue weighted by Crippen LogP contribution is 2.30. The Balaban J connectivity index is 2.21. The third-order valence-corrected chi connectivity index (χ3v) is 4.66. The van der Waals surface area contributed by atoms with Crippen molar-refractivity contribution in [1.82, 2.24) is 4.31 Å². The van der Waals surface area contributed by atoms with Crippen LogP contribution in [0.15, 0.2) is 41.8 Å². The average molecular weight is 237 g/mol. The third-order valence-electron chi connectivity index (χ3n) is 2.73. The van der Waals surface area contributed by atoms with Gasteiger partial charge in [0, 0.05) is 12.6 Å². The van der Waals surface area contributed by atoms with Gasteiger partial charge in [-0.2, -0.15) is 4.31 Å². The highest BCUT2D eigenvalue weighted by atomic mass is 32.2.